The van der Waals surface area contributed by atoms with E-state index in [1.807, 2.05) is 96.0 Å². The van der Waals surface area contributed by atoms with Crippen molar-refractivity contribution in [2.45, 2.75) is 0 Å². The monoisotopic (exact) mass is 309 g/mol. The summed E-state index contributed by atoms with van der Waals surface area (Å²) in [5.74, 6) is 0. The molecule has 0 heterocycles. The summed E-state index contributed by atoms with van der Waals surface area (Å²) in [5.41, 5.74) is 2.78. The van der Waals surface area contributed by atoms with E-state index in [-0.39, 0.29) is 12.4 Å². The standard InChI is InChI=1S/C18H15N3.ClH/c1-4-10-16(11-5-1)19-20-21(17-12-6-2-7-13-17)18-14-8-3-9-15-18;/h1-15H;1H. The van der Waals surface area contributed by atoms with Gasteiger partial charge < -0.3 is 0 Å². The Hall–Kier alpha value is -2.65. The quantitative estimate of drug-likeness (QED) is 0.432. The highest BCUT2D eigenvalue weighted by atomic mass is 35.5. The Morgan fingerprint density at radius 3 is 1.41 bits per heavy atom. The van der Waals surface area contributed by atoms with Crippen LogP contribution in [0.15, 0.2) is 101 Å². The third kappa shape index (κ3) is 3.93. The third-order valence-corrected chi connectivity index (χ3v) is 3.01. The van der Waals surface area contributed by atoms with Gasteiger partial charge in [0.25, 0.3) is 0 Å². The second kappa shape index (κ2) is 7.96. The highest BCUT2D eigenvalue weighted by Gasteiger charge is 2.07. The molecular weight excluding hydrogens is 294 g/mol. The summed E-state index contributed by atoms with van der Waals surface area (Å²) in [5, 5.41) is 10.5. The molecular formula is C18H16ClN3. The Labute approximate surface area is 136 Å². The molecule has 3 nitrogen and oxygen atoms in total. The molecule has 0 fully saturated rings. The van der Waals surface area contributed by atoms with E-state index in [0.29, 0.717) is 0 Å². The lowest BCUT2D eigenvalue weighted by Gasteiger charge is -2.17. The summed E-state index contributed by atoms with van der Waals surface area (Å²) in [6.07, 6.45) is 0. The fourth-order valence-electron chi connectivity index (χ4n) is 1.98. The molecule has 0 bridgehead atoms. The predicted molar refractivity (Wildman–Crippen MR) is 93.2 cm³/mol. The first-order valence-corrected chi connectivity index (χ1v) is 6.80. The SMILES string of the molecule is Cl.c1ccc(N=NN(c2ccccc2)c2ccccc2)cc1. The van der Waals surface area contributed by atoms with Crippen LogP contribution < -0.4 is 5.01 Å². The summed E-state index contributed by atoms with van der Waals surface area (Å²) >= 11 is 0. The summed E-state index contributed by atoms with van der Waals surface area (Å²) < 4.78 is 0. The van der Waals surface area contributed by atoms with Crippen molar-refractivity contribution in [3.63, 3.8) is 0 Å². The molecule has 0 amide bonds. The zero-order chi connectivity index (χ0) is 14.3. The van der Waals surface area contributed by atoms with E-state index < -0.39 is 0 Å². The van der Waals surface area contributed by atoms with E-state index >= 15 is 0 Å². The third-order valence-electron chi connectivity index (χ3n) is 3.01. The van der Waals surface area contributed by atoms with Gasteiger partial charge in [0.05, 0.1) is 17.1 Å². The molecule has 3 rings (SSSR count). The van der Waals surface area contributed by atoms with Crippen LogP contribution in [0.25, 0.3) is 0 Å². The Balaban J connectivity index is 0.00000176. The molecule has 0 spiro atoms. The van der Waals surface area contributed by atoms with Crippen molar-refractivity contribution in [3.05, 3.63) is 91.0 Å². The van der Waals surface area contributed by atoms with Crippen molar-refractivity contribution in [3.8, 4) is 0 Å². The molecule has 0 aromatic heterocycles. The lowest BCUT2D eigenvalue weighted by Crippen LogP contribution is -2.07. The zero-order valence-corrected chi connectivity index (χ0v) is 12.7. The van der Waals surface area contributed by atoms with Gasteiger partial charge in [-0.2, -0.15) is 0 Å². The van der Waals surface area contributed by atoms with Crippen LogP contribution in [0.5, 0.6) is 0 Å². The normalized spacial score (nSPS) is 10.2. The topological polar surface area (TPSA) is 28.0 Å². The lowest BCUT2D eigenvalue weighted by atomic mass is 10.2. The molecule has 22 heavy (non-hydrogen) atoms. The molecule has 0 unspecified atom stereocenters. The van der Waals surface area contributed by atoms with Crippen LogP contribution in [0.4, 0.5) is 17.1 Å². The molecule has 110 valence electrons. The number of para-hydroxylation sites is 2. The first-order chi connectivity index (χ1) is 10.4. The highest BCUT2D eigenvalue weighted by Crippen LogP contribution is 2.26. The Bertz CT molecular complexity index is 661. The maximum absolute atomic E-state index is 4.39. The van der Waals surface area contributed by atoms with Gasteiger partial charge in [0.2, 0.25) is 0 Å². The minimum Gasteiger partial charge on any atom is -0.215 e. The van der Waals surface area contributed by atoms with E-state index in [1.165, 1.54) is 0 Å². The average Bonchev–Trinajstić information content (AvgIpc) is 2.58. The fraction of sp³-hybridized carbons (Fsp3) is 0. The second-order valence-electron chi connectivity index (χ2n) is 4.51. The van der Waals surface area contributed by atoms with Gasteiger partial charge in [-0.25, -0.2) is 5.01 Å². The molecule has 0 saturated heterocycles. The van der Waals surface area contributed by atoms with Gasteiger partial charge in [-0.05, 0) is 36.4 Å². The molecule has 0 aliphatic carbocycles. The second-order valence-corrected chi connectivity index (χ2v) is 4.51. The highest BCUT2D eigenvalue weighted by molar-refractivity contribution is 5.85. The number of hydrogen-bond acceptors (Lipinski definition) is 2. The van der Waals surface area contributed by atoms with Gasteiger partial charge >= 0.3 is 0 Å². The van der Waals surface area contributed by atoms with Crippen LogP contribution in [0.1, 0.15) is 0 Å². The molecule has 0 aliphatic rings. The van der Waals surface area contributed by atoms with E-state index in [1.54, 1.807) is 0 Å². The van der Waals surface area contributed by atoms with Crippen molar-refractivity contribution >= 4 is 29.5 Å². The minimum absolute atomic E-state index is 0. The van der Waals surface area contributed by atoms with Crippen LogP contribution in [-0.2, 0) is 0 Å². The average molecular weight is 310 g/mol. The van der Waals surface area contributed by atoms with E-state index in [2.05, 4.69) is 10.3 Å². The molecule has 4 heteroatoms. The number of halogens is 1. The number of anilines is 2. The van der Waals surface area contributed by atoms with E-state index in [0.717, 1.165) is 17.1 Å². The zero-order valence-electron chi connectivity index (χ0n) is 11.9. The van der Waals surface area contributed by atoms with Gasteiger partial charge in [-0.15, -0.1) is 17.5 Å². The first-order valence-electron chi connectivity index (χ1n) is 6.80. The Morgan fingerprint density at radius 1 is 0.545 bits per heavy atom. The number of rotatable bonds is 4. The maximum Gasteiger partial charge on any atom is 0.0874 e. The van der Waals surface area contributed by atoms with Crippen LogP contribution in [-0.4, -0.2) is 0 Å². The summed E-state index contributed by atoms with van der Waals surface area (Å²) in [7, 11) is 0. The van der Waals surface area contributed by atoms with Gasteiger partial charge in [0.1, 0.15) is 0 Å². The van der Waals surface area contributed by atoms with Gasteiger partial charge in [-0.1, -0.05) is 59.8 Å². The number of nitrogens with zero attached hydrogens (tertiary/aromatic N) is 3. The summed E-state index contributed by atoms with van der Waals surface area (Å²) in [4.78, 5) is 0. The Morgan fingerprint density at radius 2 is 0.955 bits per heavy atom. The largest absolute Gasteiger partial charge is 0.215 e. The van der Waals surface area contributed by atoms with Crippen molar-refractivity contribution in [1.29, 1.82) is 0 Å². The van der Waals surface area contributed by atoms with Crippen molar-refractivity contribution < 1.29 is 0 Å². The predicted octanol–water partition coefficient (Wildman–Crippen LogP) is 5.95. The number of hydrogen-bond donors (Lipinski definition) is 0. The van der Waals surface area contributed by atoms with Gasteiger partial charge in [0.15, 0.2) is 0 Å². The van der Waals surface area contributed by atoms with Crippen LogP contribution in [0, 0.1) is 0 Å². The fourth-order valence-corrected chi connectivity index (χ4v) is 1.98. The molecule has 3 aromatic carbocycles. The molecule has 0 radical (unpaired) electrons. The van der Waals surface area contributed by atoms with Gasteiger partial charge in [-0.3, -0.25) is 0 Å². The first kappa shape index (κ1) is 15.7. The number of benzene rings is 3. The van der Waals surface area contributed by atoms with Crippen LogP contribution in [0.3, 0.4) is 0 Å². The minimum atomic E-state index is 0. The molecule has 0 atom stereocenters. The van der Waals surface area contributed by atoms with Gasteiger partial charge in [0, 0.05) is 0 Å². The maximum atomic E-state index is 4.39. The molecule has 0 aliphatic heterocycles. The Kier molecular flexibility index (Phi) is 5.69. The molecule has 0 N–H and O–H groups in total. The van der Waals surface area contributed by atoms with E-state index in [9.17, 15) is 0 Å². The van der Waals surface area contributed by atoms with Crippen LogP contribution in [0.2, 0.25) is 0 Å². The van der Waals surface area contributed by atoms with Crippen LogP contribution >= 0.6 is 12.4 Å². The van der Waals surface area contributed by atoms with E-state index in [4.69, 9.17) is 0 Å². The smallest absolute Gasteiger partial charge is 0.0874 e. The van der Waals surface area contributed by atoms with Crippen molar-refractivity contribution in [1.82, 2.24) is 0 Å². The molecule has 0 saturated carbocycles. The van der Waals surface area contributed by atoms with Crippen molar-refractivity contribution in [2.75, 3.05) is 5.01 Å². The molecule has 3 aromatic rings. The van der Waals surface area contributed by atoms with Crippen molar-refractivity contribution in [2.24, 2.45) is 10.3 Å². The summed E-state index contributed by atoms with van der Waals surface area (Å²) in [6, 6.07) is 29.7. The summed E-state index contributed by atoms with van der Waals surface area (Å²) in [6.45, 7) is 0. The lowest BCUT2D eigenvalue weighted by molar-refractivity contribution is 0.974.